The summed E-state index contributed by atoms with van der Waals surface area (Å²) >= 11 is 0. The summed E-state index contributed by atoms with van der Waals surface area (Å²) < 4.78 is 12.2. The Bertz CT molecular complexity index is 1050. The molecular formula is C30H45N3O6. The quantitative estimate of drug-likeness (QED) is 0.328. The molecule has 3 aliphatic heterocycles. The average molecular weight is 544 g/mol. The minimum Gasteiger partial charge on any atom is -0.494 e. The van der Waals surface area contributed by atoms with Crippen molar-refractivity contribution in [3.63, 3.8) is 0 Å². The van der Waals surface area contributed by atoms with E-state index in [-0.39, 0.29) is 30.2 Å². The Morgan fingerprint density at radius 1 is 1.15 bits per heavy atom. The van der Waals surface area contributed by atoms with Gasteiger partial charge in [0.25, 0.3) is 0 Å². The van der Waals surface area contributed by atoms with E-state index < -0.39 is 35.1 Å². The standard InChI is InChI=1S/C30H45N3O6/c1-6-9-10-17-31-27(36)25-30-16-15-29(5,39-30)23(24(30)28(37)33(25)22(18-34)19(4)7-2)26(35)32-20-11-13-21(14-12-20)38-8-3/h11-14,19,22-25,34H,6-10,15-18H2,1-5H3,(H,31,36)(H,32,35)/t19-,22-,23-,24-,25?,29+,30?/m0/s1. The molecule has 3 amide bonds. The smallest absolute Gasteiger partial charge is 0.245 e. The summed E-state index contributed by atoms with van der Waals surface area (Å²) in [6, 6.07) is 5.69. The predicted molar refractivity (Wildman–Crippen MR) is 148 cm³/mol. The van der Waals surface area contributed by atoms with Crippen molar-refractivity contribution in [1.82, 2.24) is 10.2 Å². The summed E-state index contributed by atoms with van der Waals surface area (Å²) in [6.07, 6.45) is 4.68. The van der Waals surface area contributed by atoms with E-state index in [1.807, 2.05) is 27.7 Å². The highest BCUT2D eigenvalue weighted by Crippen LogP contribution is 2.63. The fourth-order valence-corrected chi connectivity index (χ4v) is 6.94. The summed E-state index contributed by atoms with van der Waals surface area (Å²) in [7, 11) is 0. The van der Waals surface area contributed by atoms with Gasteiger partial charge in [0, 0.05) is 12.2 Å². The minimum absolute atomic E-state index is 0.0338. The molecule has 1 aromatic carbocycles. The van der Waals surface area contributed by atoms with Crippen LogP contribution in [0.1, 0.15) is 73.1 Å². The monoisotopic (exact) mass is 543 g/mol. The summed E-state index contributed by atoms with van der Waals surface area (Å²) in [5, 5.41) is 16.4. The number of nitrogens with zero attached hydrogens (tertiary/aromatic N) is 1. The van der Waals surface area contributed by atoms with Crippen molar-refractivity contribution < 1.29 is 29.0 Å². The lowest BCUT2D eigenvalue weighted by Gasteiger charge is -2.39. The first-order chi connectivity index (χ1) is 18.7. The molecule has 3 aliphatic rings. The van der Waals surface area contributed by atoms with E-state index in [1.165, 1.54) is 0 Å². The van der Waals surface area contributed by atoms with Crippen molar-refractivity contribution in [2.45, 2.75) is 96.4 Å². The van der Waals surface area contributed by atoms with Crippen molar-refractivity contribution in [3.8, 4) is 5.75 Å². The highest BCUT2D eigenvalue weighted by atomic mass is 16.5. The van der Waals surface area contributed by atoms with Gasteiger partial charge in [-0.05, 0) is 63.3 Å². The molecule has 2 unspecified atom stereocenters. The van der Waals surface area contributed by atoms with Crippen molar-refractivity contribution in [1.29, 1.82) is 0 Å². The molecule has 39 heavy (non-hydrogen) atoms. The van der Waals surface area contributed by atoms with Gasteiger partial charge < -0.3 is 30.1 Å². The van der Waals surface area contributed by atoms with Crippen LogP contribution in [0.25, 0.3) is 0 Å². The van der Waals surface area contributed by atoms with E-state index in [0.29, 0.717) is 37.4 Å². The van der Waals surface area contributed by atoms with Crippen LogP contribution < -0.4 is 15.4 Å². The molecule has 1 spiro atoms. The van der Waals surface area contributed by atoms with Gasteiger partial charge in [0.1, 0.15) is 17.4 Å². The maximum atomic E-state index is 14.3. The van der Waals surface area contributed by atoms with Crippen LogP contribution in [0.15, 0.2) is 24.3 Å². The van der Waals surface area contributed by atoms with Crippen molar-refractivity contribution >= 4 is 23.4 Å². The third-order valence-corrected chi connectivity index (χ3v) is 9.10. The molecule has 3 fully saturated rings. The van der Waals surface area contributed by atoms with E-state index >= 15 is 0 Å². The van der Waals surface area contributed by atoms with Gasteiger partial charge in [0.05, 0.1) is 36.7 Å². The Kier molecular flexibility index (Phi) is 8.91. The maximum absolute atomic E-state index is 14.3. The van der Waals surface area contributed by atoms with Crippen LogP contribution in [-0.4, -0.2) is 70.8 Å². The lowest BCUT2D eigenvalue weighted by Crippen LogP contribution is -2.59. The first-order valence-corrected chi connectivity index (χ1v) is 14.6. The molecule has 3 heterocycles. The zero-order chi connectivity index (χ0) is 28.4. The molecule has 216 valence electrons. The second-order valence-electron chi connectivity index (χ2n) is 11.6. The van der Waals surface area contributed by atoms with Gasteiger partial charge >= 0.3 is 0 Å². The Labute approximate surface area is 232 Å². The number of carbonyl (C=O) groups excluding carboxylic acids is 3. The lowest BCUT2D eigenvalue weighted by atomic mass is 9.66. The molecule has 0 radical (unpaired) electrons. The third-order valence-electron chi connectivity index (χ3n) is 9.10. The molecule has 0 aliphatic carbocycles. The van der Waals surface area contributed by atoms with Crippen molar-refractivity contribution in [2.24, 2.45) is 17.8 Å². The highest BCUT2D eigenvalue weighted by molar-refractivity contribution is 6.02. The zero-order valence-electron chi connectivity index (χ0n) is 24.0. The number of aliphatic hydroxyl groups excluding tert-OH is 1. The van der Waals surface area contributed by atoms with Gasteiger partial charge in [-0.1, -0.05) is 40.0 Å². The second kappa shape index (κ2) is 11.8. The first-order valence-electron chi connectivity index (χ1n) is 14.6. The van der Waals surface area contributed by atoms with Crippen LogP contribution in [-0.2, 0) is 19.1 Å². The Morgan fingerprint density at radius 2 is 1.87 bits per heavy atom. The molecule has 1 aromatic rings. The van der Waals surface area contributed by atoms with Gasteiger partial charge in [-0.25, -0.2) is 0 Å². The van der Waals surface area contributed by atoms with Gasteiger partial charge in [-0.2, -0.15) is 0 Å². The third kappa shape index (κ3) is 5.15. The molecule has 9 nitrogen and oxygen atoms in total. The van der Waals surface area contributed by atoms with Gasteiger partial charge in [0.2, 0.25) is 17.7 Å². The molecule has 0 saturated carbocycles. The van der Waals surface area contributed by atoms with Crippen LogP contribution in [0, 0.1) is 17.8 Å². The van der Waals surface area contributed by atoms with Crippen molar-refractivity contribution in [3.05, 3.63) is 24.3 Å². The summed E-state index contributed by atoms with van der Waals surface area (Å²) in [5.41, 5.74) is -1.38. The SMILES string of the molecule is CCCCCNC(=O)C1N([C@@H](CO)[C@@H](C)CC)C(=O)[C@@H]2[C@@H](C(=O)Nc3ccc(OCC)cc3)[C@@]3(C)CCC12O3. The van der Waals surface area contributed by atoms with Crippen LogP contribution >= 0.6 is 0 Å². The van der Waals surface area contributed by atoms with Crippen molar-refractivity contribution in [2.75, 3.05) is 25.1 Å². The number of unbranched alkanes of at least 4 members (excludes halogenated alkanes) is 2. The number of hydrogen-bond donors (Lipinski definition) is 3. The fraction of sp³-hybridized carbons (Fsp3) is 0.700. The predicted octanol–water partition coefficient (Wildman–Crippen LogP) is 3.50. The number of ether oxygens (including phenoxy) is 2. The Hall–Kier alpha value is -2.65. The Morgan fingerprint density at radius 3 is 2.49 bits per heavy atom. The van der Waals surface area contributed by atoms with Crippen LogP contribution in [0.4, 0.5) is 5.69 Å². The Balaban J connectivity index is 1.67. The first kappa shape index (κ1) is 29.3. The maximum Gasteiger partial charge on any atom is 0.245 e. The normalized spacial score (nSPS) is 30.7. The van der Waals surface area contributed by atoms with Gasteiger partial charge in [-0.15, -0.1) is 0 Å². The number of fused-ring (bicyclic) bond motifs is 1. The van der Waals surface area contributed by atoms with Gasteiger partial charge in [-0.3, -0.25) is 14.4 Å². The molecule has 4 rings (SSSR count). The molecule has 7 atom stereocenters. The second-order valence-corrected chi connectivity index (χ2v) is 11.6. The van der Waals surface area contributed by atoms with E-state index in [0.717, 1.165) is 25.7 Å². The summed E-state index contributed by atoms with van der Waals surface area (Å²) in [4.78, 5) is 43.5. The number of nitrogens with one attached hydrogen (secondary N) is 2. The van der Waals surface area contributed by atoms with E-state index in [1.54, 1.807) is 29.2 Å². The molecular weight excluding hydrogens is 498 g/mol. The number of rotatable bonds is 13. The summed E-state index contributed by atoms with van der Waals surface area (Å²) in [6.45, 7) is 10.7. The highest BCUT2D eigenvalue weighted by Gasteiger charge is 2.78. The van der Waals surface area contributed by atoms with E-state index in [2.05, 4.69) is 17.6 Å². The average Bonchev–Trinajstić information content (AvgIpc) is 3.49. The van der Waals surface area contributed by atoms with Gasteiger partial charge in [0.15, 0.2) is 0 Å². The largest absolute Gasteiger partial charge is 0.494 e. The van der Waals surface area contributed by atoms with E-state index in [9.17, 15) is 19.5 Å². The van der Waals surface area contributed by atoms with Crippen LogP contribution in [0.2, 0.25) is 0 Å². The molecule has 9 heteroatoms. The molecule has 2 bridgehead atoms. The zero-order valence-corrected chi connectivity index (χ0v) is 24.0. The number of hydrogen-bond acceptors (Lipinski definition) is 6. The summed E-state index contributed by atoms with van der Waals surface area (Å²) in [5.74, 6) is -1.73. The van der Waals surface area contributed by atoms with Crippen LogP contribution in [0.3, 0.4) is 0 Å². The number of carbonyl (C=O) groups is 3. The lowest BCUT2D eigenvalue weighted by molar-refractivity contribution is -0.150. The molecule has 0 aromatic heterocycles. The number of amides is 3. The van der Waals surface area contributed by atoms with Crippen LogP contribution in [0.5, 0.6) is 5.75 Å². The fourth-order valence-electron chi connectivity index (χ4n) is 6.94. The number of anilines is 1. The number of benzene rings is 1. The number of likely N-dealkylation sites (tertiary alicyclic amines) is 1. The molecule has 3 saturated heterocycles. The topological polar surface area (TPSA) is 117 Å². The minimum atomic E-state index is -1.11. The molecule has 3 N–H and O–H groups in total. The number of aliphatic hydroxyl groups is 1. The van der Waals surface area contributed by atoms with E-state index in [4.69, 9.17) is 9.47 Å².